The summed E-state index contributed by atoms with van der Waals surface area (Å²) in [6.45, 7) is 8.17. The maximum Gasteiger partial charge on any atom is 0.181 e. The highest BCUT2D eigenvalue weighted by molar-refractivity contribution is 7.22. The van der Waals surface area contributed by atoms with Crippen LogP contribution in [0, 0.1) is 20.8 Å². The van der Waals surface area contributed by atoms with Gasteiger partial charge in [-0.3, -0.25) is 4.99 Å². The summed E-state index contributed by atoms with van der Waals surface area (Å²) in [5, 5.41) is 0.623. The molecule has 1 aromatic heterocycles. The SMILES string of the molecule is C/C=N\c1c(C)c(C)c2nc(N)sc2c1C. The van der Waals surface area contributed by atoms with E-state index in [9.17, 15) is 0 Å². The molecule has 0 radical (unpaired) electrons. The topological polar surface area (TPSA) is 51.3 Å². The molecule has 0 saturated carbocycles. The number of anilines is 1. The van der Waals surface area contributed by atoms with Gasteiger partial charge in [-0.05, 0) is 44.4 Å². The van der Waals surface area contributed by atoms with Crippen molar-refractivity contribution in [1.82, 2.24) is 4.98 Å². The molecule has 84 valence electrons. The Labute approximate surface area is 99.0 Å². The number of benzene rings is 1. The lowest BCUT2D eigenvalue weighted by atomic mass is 10.0. The molecule has 4 heteroatoms. The van der Waals surface area contributed by atoms with Crippen LogP contribution in [-0.2, 0) is 0 Å². The molecular weight excluding hydrogens is 218 g/mol. The van der Waals surface area contributed by atoms with Crippen LogP contribution in [0.1, 0.15) is 23.6 Å². The average molecular weight is 233 g/mol. The third-order valence-electron chi connectivity index (χ3n) is 2.87. The monoisotopic (exact) mass is 233 g/mol. The minimum atomic E-state index is 0.623. The highest BCUT2D eigenvalue weighted by Gasteiger charge is 2.14. The van der Waals surface area contributed by atoms with E-state index in [1.165, 1.54) is 28.0 Å². The molecule has 2 N–H and O–H groups in total. The molecule has 1 aromatic carbocycles. The number of rotatable bonds is 1. The third kappa shape index (κ3) is 1.50. The number of fused-ring (bicyclic) bond motifs is 1. The van der Waals surface area contributed by atoms with E-state index in [2.05, 4.69) is 30.7 Å². The van der Waals surface area contributed by atoms with Gasteiger partial charge in [-0.2, -0.15) is 0 Å². The van der Waals surface area contributed by atoms with Crippen molar-refractivity contribution < 1.29 is 0 Å². The lowest BCUT2D eigenvalue weighted by Crippen LogP contribution is -1.89. The largest absolute Gasteiger partial charge is 0.375 e. The molecule has 1 heterocycles. The van der Waals surface area contributed by atoms with Crippen LogP contribution in [0.4, 0.5) is 10.8 Å². The maximum atomic E-state index is 5.77. The summed E-state index contributed by atoms with van der Waals surface area (Å²) in [5.74, 6) is 0. The number of hydrogen-bond donors (Lipinski definition) is 1. The Balaban J connectivity index is 2.93. The quantitative estimate of drug-likeness (QED) is 0.766. The van der Waals surface area contributed by atoms with Crippen LogP contribution in [-0.4, -0.2) is 11.2 Å². The smallest absolute Gasteiger partial charge is 0.181 e. The summed E-state index contributed by atoms with van der Waals surface area (Å²) in [6.07, 6.45) is 1.82. The molecule has 0 fully saturated rings. The van der Waals surface area contributed by atoms with E-state index >= 15 is 0 Å². The van der Waals surface area contributed by atoms with Gasteiger partial charge < -0.3 is 5.73 Å². The molecule has 0 aliphatic carbocycles. The van der Waals surface area contributed by atoms with Gasteiger partial charge in [0.1, 0.15) is 0 Å². The Morgan fingerprint density at radius 2 is 1.88 bits per heavy atom. The van der Waals surface area contributed by atoms with E-state index in [1.54, 1.807) is 0 Å². The van der Waals surface area contributed by atoms with Crippen LogP contribution in [0.5, 0.6) is 0 Å². The molecule has 0 bridgehead atoms. The van der Waals surface area contributed by atoms with Gasteiger partial charge in [-0.25, -0.2) is 4.98 Å². The van der Waals surface area contributed by atoms with E-state index in [-0.39, 0.29) is 0 Å². The molecule has 0 amide bonds. The van der Waals surface area contributed by atoms with Crippen molar-refractivity contribution in [3.63, 3.8) is 0 Å². The molecule has 0 atom stereocenters. The van der Waals surface area contributed by atoms with Crippen molar-refractivity contribution in [2.75, 3.05) is 5.73 Å². The van der Waals surface area contributed by atoms with Gasteiger partial charge in [0, 0.05) is 6.21 Å². The van der Waals surface area contributed by atoms with Gasteiger partial charge in [0.05, 0.1) is 15.9 Å². The van der Waals surface area contributed by atoms with Crippen LogP contribution in [0.15, 0.2) is 4.99 Å². The number of nitrogens with two attached hydrogens (primary N) is 1. The zero-order valence-corrected chi connectivity index (χ0v) is 10.8. The van der Waals surface area contributed by atoms with Crippen LogP contribution in [0.25, 0.3) is 10.2 Å². The van der Waals surface area contributed by atoms with Gasteiger partial charge in [0.25, 0.3) is 0 Å². The fourth-order valence-electron chi connectivity index (χ4n) is 1.91. The highest BCUT2D eigenvalue weighted by Crippen LogP contribution is 2.38. The predicted molar refractivity (Wildman–Crippen MR) is 72.1 cm³/mol. The fraction of sp³-hybridized carbons (Fsp3) is 0.333. The van der Waals surface area contributed by atoms with Crippen molar-refractivity contribution in [3.05, 3.63) is 16.7 Å². The Morgan fingerprint density at radius 1 is 1.19 bits per heavy atom. The molecule has 3 nitrogen and oxygen atoms in total. The third-order valence-corrected chi connectivity index (χ3v) is 3.87. The van der Waals surface area contributed by atoms with Gasteiger partial charge in [-0.1, -0.05) is 11.3 Å². The van der Waals surface area contributed by atoms with Gasteiger partial charge >= 0.3 is 0 Å². The lowest BCUT2D eigenvalue weighted by Gasteiger charge is -2.09. The number of nitrogens with zero attached hydrogens (tertiary/aromatic N) is 2. The number of aromatic nitrogens is 1. The second-order valence-electron chi connectivity index (χ2n) is 3.84. The molecule has 2 rings (SSSR count). The first-order valence-electron chi connectivity index (χ1n) is 5.20. The van der Waals surface area contributed by atoms with Crippen molar-refractivity contribution in [1.29, 1.82) is 0 Å². The first kappa shape index (κ1) is 11.1. The van der Waals surface area contributed by atoms with Crippen molar-refractivity contribution in [2.45, 2.75) is 27.7 Å². The minimum absolute atomic E-state index is 0.623. The standard InChI is InChI=1S/C12H15N3S/c1-5-14-9-6(2)7(3)10-11(8(9)4)16-12(13)15-10/h5H,1-4H3,(H2,13,15)/b14-5-. The zero-order valence-electron chi connectivity index (χ0n) is 9.96. The molecule has 0 unspecified atom stereocenters. The van der Waals surface area contributed by atoms with E-state index < -0.39 is 0 Å². The van der Waals surface area contributed by atoms with Crippen LogP contribution in [0.3, 0.4) is 0 Å². The van der Waals surface area contributed by atoms with E-state index in [4.69, 9.17) is 5.73 Å². The number of hydrogen-bond acceptors (Lipinski definition) is 4. The predicted octanol–water partition coefficient (Wildman–Crippen LogP) is 3.53. The zero-order chi connectivity index (χ0) is 11.9. The van der Waals surface area contributed by atoms with Crippen LogP contribution in [0.2, 0.25) is 0 Å². The van der Waals surface area contributed by atoms with Crippen LogP contribution >= 0.6 is 11.3 Å². The Morgan fingerprint density at radius 3 is 2.50 bits per heavy atom. The number of thiazole rings is 1. The Kier molecular flexibility index (Phi) is 2.68. The molecule has 0 aliphatic heterocycles. The molecule has 2 aromatic rings. The van der Waals surface area contributed by atoms with Crippen molar-refractivity contribution >= 4 is 38.6 Å². The summed E-state index contributed by atoms with van der Waals surface area (Å²) in [6, 6.07) is 0. The normalized spacial score (nSPS) is 11.8. The number of nitrogen functional groups attached to an aromatic ring is 1. The van der Waals surface area contributed by atoms with Gasteiger partial charge in [0.15, 0.2) is 5.13 Å². The minimum Gasteiger partial charge on any atom is -0.375 e. The fourth-order valence-corrected chi connectivity index (χ4v) is 2.80. The van der Waals surface area contributed by atoms with E-state index in [1.807, 2.05) is 13.1 Å². The maximum absolute atomic E-state index is 5.77. The summed E-state index contributed by atoms with van der Waals surface area (Å²) in [7, 11) is 0. The van der Waals surface area contributed by atoms with Crippen molar-refractivity contribution in [2.24, 2.45) is 4.99 Å². The summed E-state index contributed by atoms with van der Waals surface area (Å²) >= 11 is 1.53. The first-order chi connectivity index (χ1) is 7.56. The Bertz CT molecular complexity index is 582. The van der Waals surface area contributed by atoms with Crippen molar-refractivity contribution in [3.8, 4) is 0 Å². The second kappa shape index (κ2) is 3.87. The average Bonchev–Trinajstić information content (AvgIpc) is 2.64. The van der Waals surface area contributed by atoms with E-state index in [0.717, 1.165) is 15.9 Å². The summed E-state index contributed by atoms with van der Waals surface area (Å²) < 4.78 is 1.15. The Hall–Kier alpha value is -1.42. The summed E-state index contributed by atoms with van der Waals surface area (Å²) in [5.41, 5.74) is 11.4. The molecule has 0 spiro atoms. The molecular formula is C12H15N3S. The van der Waals surface area contributed by atoms with Crippen LogP contribution < -0.4 is 5.73 Å². The molecule has 0 aliphatic rings. The van der Waals surface area contributed by atoms with Gasteiger partial charge in [-0.15, -0.1) is 0 Å². The number of aryl methyl sites for hydroxylation is 2. The van der Waals surface area contributed by atoms with E-state index in [0.29, 0.717) is 5.13 Å². The number of aliphatic imine (C=N–C) groups is 1. The summed E-state index contributed by atoms with van der Waals surface area (Å²) in [4.78, 5) is 8.82. The van der Waals surface area contributed by atoms with Gasteiger partial charge in [0.2, 0.25) is 0 Å². The molecule has 0 saturated heterocycles. The lowest BCUT2D eigenvalue weighted by molar-refractivity contribution is 1.29. The second-order valence-corrected chi connectivity index (χ2v) is 4.87. The first-order valence-corrected chi connectivity index (χ1v) is 6.02. The molecule has 16 heavy (non-hydrogen) atoms. The highest BCUT2D eigenvalue weighted by atomic mass is 32.1.